The summed E-state index contributed by atoms with van der Waals surface area (Å²) < 4.78 is 8.30. The second kappa shape index (κ2) is 4.63. The number of rotatable bonds is 0. The highest BCUT2D eigenvalue weighted by atomic mass is 127. The molecule has 0 saturated carbocycles. The van der Waals surface area contributed by atoms with Crippen molar-refractivity contribution in [2.24, 2.45) is 0 Å². The summed E-state index contributed by atoms with van der Waals surface area (Å²) >= 11 is 2.31. The van der Waals surface area contributed by atoms with Gasteiger partial charge in [0.1, 0.15) is 5.60 Å². The normalized spacial score (nSPS) is 15.5. The summed E-state index contributed by atoms with van der Waals surface area (Å²) in [4.78, 5) is 12.1. The highest BCUT2D eigenvalue weighted by Gasteiger charge is 2.24. The van der Waals surface area contributed by atoms with Crippen LogP contribution in [0.4, 0.5) is 4.79 Å². The Labute approximate surface area is 116 Å². The summed E-state index contributed by atoms with van der Waals surface area (Å²) in [6, 6.07) is 0. The van der Waals surface area contributed by atoms with Crippen molar-refractivity contribution in [1.82, 2.24) is 4.57 Å². The SMILES string of the molecule is CC(C)(C)OC(=O)n1cc(I)c2c1CCCC2. The first-order chi connectivity index (χ1) is 7.88. The third-order valence-corrected chi connectivity index (χ3v) is 3.78. The van der Waals surface area contributed by atoms with E-state index in [1.807, 2.05) is 27.0 Å². The zero-order valence-corrected chi connectivity index (χ0v) is 12.7. The molecular formula is C13H18INO2. The molecule has 17 heavy (non-hydrogen) atoms. The van der Waals surface area contributed by atoms with Crippen molar-refractivity contribution in [3.63, 3.8) is 0 Å². The van der Waals surface area contributed by atoms with Gasteiger partial charge in [-0.15, -0.1) is 0 Å². The van der Waals surface area contributed by atoms with Gasteiger partial charge in [0.25, 0.3) is 0 Å². The molecule has 1 aromatic heterocycles. The number of nitrogens with zero attached hydrogens (tertiary/aromatic N) is 1. The molecule has 0 amide bonds. The number of fused-ring (bicyclic) bond motifs is 1. The van der Waals surface area contributed by atoms with Gasteiger partial charge in [-0.3, -0.25) is 4.57 Å². The Bertz CT molecular complexity index is 443. The molecule has 1 heterocycles. The van der Waals surface area contributed by atoms with E-state index in [4.69, 9.17) is 4.74 Å². The number of hydrogen-bond acceptors (Lipinski definition) is 2. The molecular weight excluding hydrogens is 329 g/mol. The monoisotopic (exact) mass is 347 g/mol. The van der Waals surface area contributed by atoms with Crippen LogP contribution in [0.5, 0.6) is 0 Å². The third kappa shape index (κ3) is 2.84. The van der Waals surface area contributed by atoms with Crippen LogP contribution in [0.15, 0.2) is 6.20 Å². The lowest BCUT2D eigenvalue weighted by atomic mass is 9.98. The molecule has 0 aliphatic heterocycles. The summed E-state index contributed by atoms with van der Waals surface area (Å²) in [6.45, 7) is 5.68. The largest absolute Gasteiger partial charge is 0.443 e. The molecule has 2 rings (SSSR count). The first-order valence-corrected chi connectivity index (χ1v) is 7.08. The van der Waals surface area contributed by atoms with Crippen LogP contribution in [-0.2, 0) is 17.6 Å². The Morgan fingerprint density at radius 3 is 2.65 bits per heavy atom. The molecule has 0 radical (unpaired) electrons. The number of hydrogen-bond donors (Lipinski definition) is 0. The molecule has 0 atom stereocenters. The minimum atomic E-state index is -0.436. The summed E-state index contributed by atoms with van der Waals surface area (Å²) in [5.74, 6) is 0. The minimum Gasteiger partial charge on any atom is -0.443 e. The van der Waals surface area contributed by atoms with Gasteiger partial charge in [-0.25, -0.2) is 4.79 Å². The van der Waals surface area contributed by atoms with Crippen molar-refractivity contribution in [2.45, 2.75) is 52.1 Å². The number of halogens is 1. The van der Waals surface area contributed by atoms with Crippen LogP contribution in [0, 0.1) is 3.57 Å². The van der Waals surface area contributed by atoms with E-state index in [1.165, 1.54) is 15.6 Å². The van der Waals surface area contributed by atoms with E-state index in [9.17, 15) is 4.79 Å². The first kappa shape index (κ1) is 12.9. The molecule has 4 heteroatoms. The van der Waals surface area contributed by atoms with Gasteiger partial charge >= 0.3 is 6.09 Å². The molecule has 0 N–H and O–H groups in total. The topological polar surface area (TPSA) is 31.2 Å². The summed E-state index contributed by atoms with van der Waals surface area (Å²) in [5, 5.41) is 0. The second-order valence-electron chi connectivity index (χ2n) is 5.46. The van der Waals surface area contributed by atoms with Crippen LogP contribution in [0.2, 0.25) is 0 Å². The summed E-state index contributed by atoms with van der Waals surface area (Å²) in [6.07, 6.45) is 6.11. The molecule has 3 nitrogen and oxygen atoms in total. The number of aromatic nitrogens is 1. The summed E-state index contributed by atoms with van der Waals surface area (Å²) in [5.41, 5.74) is 2.05. The highest BCUT2D eigenvalue weighted by Crippen LogP contribution is 2.28. The van der Waals surface area contributed by atoms with Gasteiger partial charge in [-0.05, 0) is 74.6 Å². The Hall–Kier alpha value is -0.520. The van der Waals surface area contributed by atoms with Crippen molar-refractivity contribution in [3.8, 4) is 0 Å². The smallest absolute Gasteiger partial charge is 0.418 e. The Morgan fingerprint density at radius 2 is 2.00 bits per heavy atom. The molecule has 1 aromatic rings. The van der Waals surface area contributed by atoms with Crippen molar-refractivity contribution in [3.05, 3.63) is 21.0 Å². The maximum Gasteiger partial charge on any atom is 0.418 e. The lowest BCUT2D eigenvalue weighted by molar-refractivity contribution is 0.0532. The van der Waals surface area contributed by atoms with Crippen molar-refractivity contribution in [2.75, 3.05) is 0 Å². The van der Waals surface area contributed by atoms with Gasteiger partial charge in [0, 0.05) is 15.5 Å². The summed E-state index contributed by atoms with van der Waals surface area (Å²) in [7, 11) is 0. The van der Waals surface area contributed by atoms with Crippen molar-refractivity contribution in [1.29, 1.82) is 0 Å². The van der Waals surface area contributed by atoms with Crippen LogP contribution >= 0.6 is 22.6 Å². The quantitative estimate of drug-likeness (QED) is 0.670. The van der Waals surface area contributed by atoms with Crippen LogP contribution < -0.4 is 0 Å². The highest BCUT2D eigenvalue weighted by molar-refractivity contribution is 14.1. The number of ether oxygens (including phenoxy) is 1. The van der Waals surface area contributed by atoms with E-state index < -0.39 is 5.60 Å². The Balaban J connectivity index is 2.30. The zero-order chi connectivity index (χ0) is 12.6. The Kier molecular flexibility index (Phi) is 3.52. The zero-order valence-electron chi connectivity index (χ0n) is 10.5. The van der Waals surface area contributed by atoms with Gasteiger partial charge in [0.15, 0.2) is 0 Å². The lowest BCUT2D eigenvalue weighted by Crippen LogP contribution is -2.28. The maximum atomic E-state index is 12.1. The first-order valence-electron chi connectivity index (χ1n) is 6.00. The standard InChI is InChI=1S/C13H18INO2/c1-13(2,3)17-12(16)15-8-10(14)9-6-4-5-7-11(9)15/h8H,4-7H2,1-3H3. The second-order valence-corrected chi connectivity index (χ2v) is 6.62. The van der Waals surface area contributed by atoms with E-state index in [2.05, 4.69) is 22.6 Å². The predicted molar refractivity (Wildman–Crippen MR) is 75.4 cm³/mol. The van der Waals surface area contributed by atoms with E-state index >= 15 is 0 Å². The van der Waals surface area contributed by atoms with Crippen LogP contribution in [-0.4, -0.2) is 16.3 Å². The van der Waals surface area contributed by atoms with Crippen LogP contribution in [0.1, 0.15) is 44.9 Å². The van der Waals surface area contributed by atoms with Gasteiger partial charge < -0.3 is 4.74 Å². The number of carbonyl (C=O) groups is 1. The van der Waals surface area contributed by atoms with Gasteiger partial charge in [0.05, 0.1) is 0 Å². The minimum absolute atomic E-state index is 0.251. The average molecular weight is 347 g/mol. The molecule has 0 aromatic carbocycles. The molecule has 1 aliphatic rings. The lowest BCUT2D eigenvalue weighted by Gasteiger charge is -2.21. The third-order valence-electron chi connectivity index (χ3n) is 2.85. The van der Waals surface area contributed by atoms with Crippen molar-refractivity contribution < 1.29 is 9.53 Å². The van der Waals surface area contributed by atoms with Gasteiger partial charge in [-0.1, -0.05) is 0 Å². The fourth-order valence-electron chi connectivity index (χ4n) is 2.16. The molecule has 94 valence electrons. The van der Waals surface area contributed by atoms with E-state index in [0.29, 0.717) is 0 Å². The molecule has 0 unspecified atom stereocenters. The predicted octanol–water partition coefficient (Wildman–Crippen LogP) is 3.75. The Morgan fingerprint density at radius 1 is 1.35 bits per heavy atom. The maximum absolute atomic E-state index is 12.1. The fraction of sp³-hybridized carbons (Fsp3) is 0.615. The van der Waals surface area contributed by atoms with E-state index in [-0.39, 0.29) is 6.09 Å². The van der Waals surface area contributed by atoms with E-state index in [1.54, 1.807) is 4.57 Å². The molecule has 0 saturated heterocycles. The van der Waals surface area contributed by atoms with Crippen molar-refractivity contribution >= 4 is 28.7 Å². The van der Waals surface area contributed by atoms with Crippen LogP contribution in [0.25, 0.3) is 0 Å². The van der Waals surface area contributed by atoms with E-state index in [0.717, 1.165) is 25.0 Å². The average Bonchev–Trinajstić information content (AvgIpc) is 2.55. The molecule has 0 spiro atoms. The fourth-order valence-corrected chi connectivity index (χ4v) is 3.02. The van der Waals surface area contributed by atoms with Crippen LogP contribution in [0.3, 0.4) is 0 Å². The molecule has 1 aliphatic carbocycles. The molecule has 0 fully saturated rings. The number of carbonyl (C=O) groups excluding carboxylic acids is 1. The molecule has 0 bridgehead atoms. The van der Waals surface area contributed by atoms with Gasteiger partial charge in [-0.2, -0.15) is 0 Å². The van der Waals surface area contributed by atoms with Gasteiger partial charge in [0.2, 0.25) is 0 Å².